The van der Waals surface area contributed by atoms with Crippen LogP contribution in [0.3, 0.4) is 0 Å². The molecule has 0 saturated heterocycles. The molecule has 1 aromatic carbocycles. The number of hydrogen-bond acceptors (Lipinski definition) is 3. The lowest BCUT2D eigenvalue weighted by molar-refractivity contribution is 0.0946. The number of aryl methyl sites for hydroxylation is 1. The third-order valence-electron chi connectivity index (χ3n) is 3.41. The first-order valence-corrected chi connectivity index (χ1v) is 7.59. The third-order valence-corrected chi connectivity index (χ3v) is 3.41. The van der Waals surface area contributed by atoms with Crippen LogP contribution in [0.2, 0.25) is 0 Å². The van der Waals surface area contributed by atoms with Crippen LogP contribution in [0.4, 0.5) is 5.69 Å². The molecule has 1 amide bonds. The molecule has 116 valence electrons. The molecule has 0 radical (unpaired) electrons. The molecule has 0 fully saturated rings. The van der Waals surface area contributed by atoms with Crippen LogP contribution < -0.4 is 10.6 Å². The standard InChI is InChI=1S/C18H23N3O/c1-13(2)10-19-16-8-9-17(20-12-16)18(22)21-11-15-7-5-4-6-14(15)3/h4-9,12-13,19H,10-11H2,1-3H3,(H,21,22). The van der Waals surface area contributed by atoms with Gasteiger partial charge in [-0.25, -0.2) is 4.98 Å². The van der Waals surface area contributed by atoms with Crippen LogP contribution in [-0.4, -0.2) is 17.4 Å². The quantitative estimate of drug-likeness (QED) is 0.859. The fourth-order valence-corrected chi connectivity index (χ4v) is 2.03. The molecule has 2 N–H and O–H groups in total. The number of nitrogens with zero attached hydrogens (tertiary/aromatic N) is 1. The van der Waals surface area contributed by atoms with Crippen LogP contribution in [0.25, 0.3) is 0 Å². The van der Waals surface area contributed by atoms with E-state index in [1.54, 1.807) is 12.3 Å². The molecule has 0 aliphatic heterocycles. The molecule has 0 aliphatic rings. The Kier molecular flexibility index (Phi) is 5.53. The normalized spacial score (nSPS) is 10.5. The summed E-state index contributed by atoms with van der Waals surface area (Å²) in [4.78, 5) is 16.3. The van der Waals surface area contributed by atoms with E-state index in [1.165, 1.54) is 5.56 Å². The molecule has 0 atom stereocenters. The van der Waals surface area contributed by atoms with Crippen LogP contribution in [0.15, 0.2) is 42.6 Å². The molecule has 0 bridgehead atoms. The lowest BCUT2D eigenvalue weighted by Crippen LogP contribution is -2.24. The van der Waals surface area contributed by atoms with Crippen molar-refractivity contribution < 1.29 is 4.79 Å². The molecule has 0 unspecified atom stereocenters. The minimum Gasteiger partial charge on any atom is -0.384 e. The maximum Gasteiger partial charge on any atom is 0.270 e. The first kappa shape index (κ1) is 16.0. The lowest BCUT2D eigenvalue weighted by Gasteiger charge is -2.10. The van der Waals surface area contributed by atoms with Crippen LogP contribution in [0, 0.1) is 12.8 Å². The highest BCUT2D eigenvalue weighted by molar-refractivity contribution is 5.92. The Morgan fingerprint density at radius 1 is 1.18 bits per heavy atom. The summed E-state index contributed by atoms with van der Waals surface area (Å²) in [5, 5.41) is 6.19. The Bertz CT molecular complexity index is 620. The smallest absolute Gasteiger partial charge is 0.270 e. The topological polar surface area (TPSA) is 54.0 Å². The van der Waals surface area contributed by atoms with Gasteiger partial charge in [0, 0.05) is 13.1 Å². The summed E-state index contributed by atoms with van der Waals surface area (Å²) in [6.45, 7) is 7.73. The van der Waals surface area contributed by atoms with Gasteiger partial charge in [0.1, 0.15) is 5.69 Å². The highest BCUT2D eigenvalue weighted by Crippen LogP contribution is 2.09. The lowest BCUT2D eigenvalue weighted by atomic mass is 10.1. The van der Waals surface area contributed by atoms with Crippen molar-refractivity contribution in [3.05, 3.63) is 59.4 Å². The number of nitrogens with one attached hydrogen (secondary N) is 2. The fourth-order valence-electron chi connectivity index (χ4n) is 2.03. The van der Waals surface area contributed by atoms with Gasteiger partial charge in [0.05, 0.1) is 11.9 Å². The van der Waals surface area contributed by atoms with Crippen molar-refractivity contribution in [2.75, 3.05) is 11.9 Å². The van der Waals surface area contributed by atoms with E-state index in [2.05, 4.69) is 29.5 Å². The SMILES string of the molecule is Cc1ccccc1CNC(=O)c1ccc(NCC(C)C)cn1. The zero-order chi connectivity index (χ0) is 15.9. The van der Waals surface area contributed by atoms with Crippen molar-refractivity contribution in [3.63, 3.8) is 0 Å². The minimum atomic E-state index is -0.154. The van der Waals surface area contributed by atoms with Gasteiger partial charge in [-0.05, 0) is 36.1 Å². The van der Waals surface area contributed by atoms with Crippen LogP contribution in [-0.2, 0) is 6.54 Å². The number of pyridine rings is 1. The number of rotatable bonds is 6. The number of benzene rings is 1. The van der Waals surface area contributed by atoms with Crippen molar-refractivity contribution in [3.8, 4) is 0 Å². The van der Waals surface area contributed by atoms with E-state index in [-0.39, 0.29) is 5.91 Å². The summed E-state index contributed by atoms with van der Waals surface area (Å²) in [6.07, 6.45) is 1.70. The summed E-state index contributed by atoms with van der Waals surface area (Å²) in [7, 11) is 0. The third kappa shape index (κ3) is 4.58. The molecule has 0 aliphatic carbocycles. The summed E-state index contributed by atoms with van der Waals surface area (Å²) < 4.78 is 0. The van der Waals surface area contributed by atoms with Gasteiger partial charge in [0.2, 0.25) is 0 Å². The second-order valence-corrected chi connectivity index (χ2v) is 5.82. The predicted octanol–water partition coefficient (Wildman–Crippen LogP) is 3.39. The second kappa shape index (κ2) is 7.59. The van der Waals surface area contributed by atoms with Crippen LogP contribution >= 0.6 is 0 Å². The van der Waals surface area contributed by atoms with E-state index >= 15 is 0 Å². The summed E-state index contributed by atoms with van der Waals surface area (Å²) in [6, 6.07) is 11.7. The van der Waals surface area contributed by atoms with E-state index in [0.717, 1.165) is 17.8 Å². The molecular formula is C18H23N3O. The van der Waals surface area contributed by atoms with Gasteiger partial charge in [-0.3, -0.25) is 4.79 Å². The van der Waals surface area contributed by atoms with Gasteiger partial charge >= 0.3 is 0 Å². The maximum absolute atomic E-state index is 12.1. The molecule has 22 heavy (non-hydrogen) atoms. The number of carbonyl (C=O) groups excluding carboxylic acids is 1. The van der Waals surface area contributed by atoms with Gasteiger partial charge < -0.3 is 10.6 Å². The number of amides is 1. The Morgan fingerprint density at radius 3 is 2.59 bits per heavy atom. The molecule has 1 aromatic heterocycles. The average molecular weight is 297 g/mol. The van der Waals surface area contributed by atoms with Gasteiger partial charge in [-0.15, -0.1) is 0 Å². The van der Waals surface area contributed by atoms with E-state index in [9.17, 15) is 4.79 Å². The molecular weight excluding hydrogens is 274 g/mol. The highest BCUT2D eigenvalue weighted by Gasteiger charge is 2.07. The maximum atomic E-state index is 12.1. The molecule has 2 aromatic rings. The summed E-state index contributed by atoms with van der Waals surface area (Å²) in [5.41, 5.74) is 3.66. The molecule has 4 nitrogen and oxygen atoms in total. The Hall–Kier alpha value is -2.36. The monoisotopic (exact) mass is 297 g/mol. The first-order chi connectivity index (χ1) is 10.6. The molecule has 1 heterocycles. The Morgan fingerprint density at radius 2 is 1.95 bits per heavy atom. The second-order valence-electron chi connectivity index (χ2n) is 5.82. The van der Waals surface area contributed by atoms with E-state index in [0.29, 0.717) is 18.2 Å². The van der Waals surface area contributed by atoms with Crippen molar-refractivity contribution in [2.45, 2.75) is 27.3 Å². The van der Waals surface area contributed by atoms with Gasteiger partial charge in [0.15, 0.2) is 0 Å². The summed E-state index contributed by atoms with van der Waals surface area (Å²) in [5.74, 6) is 0.413. The zero-order valence-corrected chi connectivity index (χ0v) is 13.4. The van der Waals surface area contributed by atoms with E-state index in [1.807, 2.05) is 37.3 Å². The van der Waals surface area contributed by atoms with Crippen molar-refractivity contribution in [2.24, 2.45) is 5.92 Å². The average Bonchev–Trinajstić information content (AvgIpc) is 2.52. The van der Waals surface area contributed by atoms with Gasteiger partial charge in [-0.2, -0.15) is 0 Å². The first-order valence-electron chi connectivity index (χ1n) is 7.59. The molecule has 2 rings (SSSR count). The zero-order valence-electron chi connectivity index (χ0n) is 13.4. The van der Waals surface area contributed by atoms with Gasteiger partial charge in [0.25, 0.3) is 5.91 Å². The predicted molar refractivity (Wildman–Crippen MR) is 89.9 cm³/mol. The molecule has 0 saturated carbocycles. The largest absolute Gasteiger partial charge is 0.384 e. The van der Waals surface area contributed by atoms with Crippen LogP contribution in [0.5, 0.6) is 0 Å². The minimum absolute atomic E-state index is 0.154. The molecule has 0 spiro atoms. The van der Waals surface area contributed by atoms with E-state index < -0.39 is 0 Å². The van der Waals surface area contributed by atoms with Gasteiger partial charge in [-0.1, -0.05) is 38.1 Å². The number of anilines is 1. The summed E-state index contributed by atoms with van der Waals surface area (Å²) >= 11 is 0. The highest BCUT2D eigenvalue weighted by atomic mass is 16.1. The number of aromatic nitrogens is 1. The van der Waals surface area contributed by atoms with E-state index in [4.69, 9.17) is 0 Å². The number of carbonyl (C=O) groups is 1. The Balaban J connectivity index is 1.91. The molecule has 4 heteroatoms. The van der Waals surface area contributed by atoms with Crippen molar-refractivity contribution >= 4 is 11.6 Å². The van der Waals surface area contributed by atoms with Crippen molar-refractivity contribution in [1.29, 1.82) is 0 Å². The van der Waals surface area contributed by atoms with Crippen LogP contribution in [0.1, 0.15) is 35.5 Å². The van der Waals surface area contributed by atoms with Crippen molar-refractivity contribution in [1.82, 2.24) is 10.3 Å². The Labute approximate surface area is 132 Å². The number of hydrogen-bond donors (Lipinski definition) is 2. The fraction of sp³-hybridized carbons (Fsp3) is 0.333.